The maximum Gasteiger partial charge on any atom is 0.409 e. The lowest BCUT2D eigenvalue weighted by atomic mass is 9.99. The van der Waals surface area contributed by atoms with Crippen LogP contribution in [0.25, 0.3) is 10.9 Å². The van der Waals surface area contributed by atoms with Crippen molar-refractivity contribution in [1.82, 2.24) is 19.4 Å². The molecule has 0 radical (unpaired) electrons. The van der Waals surface area contributed by atoms with E-state index in [0.29, 0.717) is 54.5 Å². The molecule has 3 heterocycles. The first-order valence-electron chi connectivity index (χ1n) is 11.8. The molecule has 0 unspecified atom stereocenters. The third-order valence-corrected chi connectivity index (χ3v) is 7.53. The number of hydrogen-bond donors (Lipinski definition) is 0. The van der Waals surface area contributed by atoms with Gasteiger partial charge in [-0.2, -0.15) is 0 Å². The van der Waals surface area contributed by atoms with Crippen LogP contribution in [0, 0.1) is 5.92 Å². The van der Waals surface area contributed by atoms with Crippen LogP contribution in [0.5, 0.6) is 0 Å². The van der Waals surface area contributed by atoms with E-state index in [1.54, 1.807) is 22.5 Å². The Hall–Kier alpha value is -2.55. The second-order valence-corrected chi connectivity index (χ2v) is 9.80. The highest BCUT2D eigenvalue weighted by molar-refractivity contribution is 7.99. The SMILES string of the molecule is CCOC(=O)N1CCC(n2c(SCC(=O)N3CCC(C)CC3)nc3ccccc3c2=O)CC1. The minimum Gasteiger partial charge on any atom is -0.450 e. The van der Waals surface area contributed by atoms with Gasteiger partial charge in [-0.25, -0.2) is 9.78 Å². The third kappa shape index (κ3) is 5.34. The van der Waals surface area contributed by atoms with Gasteiger partial charge in [-0.1, -0.05) is 30.8 Å². The molecule has 4 rings (SSSR count). The summed E-state index contributed by atoms with van der Waals surface area (Å²) in [4.78, 5) is 46.7. The van der Waals surface area contributed by atoms with Crippen LogP contribution in [0.15, 0.2) is 34.2 Å². The molecule has 0 N–H and O–H groups in total. The highest BCUT2D eigenvalue weighted by Gasteiger charge is 2.28. The summed E-state index contributed by atoms with van der Waals surface area (Å²) in [6.07, 6.45) is 3.05. The predicted octanol–water partition coefficient (Wildman–Crippen LogP) is 3.54. The summed E-state index contributed by atoms with van der Waals surface area (Å²) in [5, 5.41) is 1.15. The molecule has 0 bridgehead atoms. The van der Waals surface area contributed by atoms with Gasteiger partial charge in [0.05, 0.1) is 23.3 Å². The lowest BCUT2D eigenvalue weighted by Crippen LogP contribution is -2.42. The zero-order valence-electron chi connectivity index (χ0n) is 19.4. The average molecular weight is 473 g/mol. The Kier molecular flexibility index (Phi) is 7.57. The number of aromatic nitrogens is 2. The Labute approximate surface area is 198 Å². The van der Waals surface area contributed by atoms with Crippen molar-refractivity contribution in [2.45, 2.75) is 50.7 Å². The molecule has 2 fully saturated rings. The summed E-state index contributed by atoms with van der Waals surface area (Å²) in [5.41, 5.74) is 0.557. The number of carbonyl (C=O) groups excluding carboxylic acids is 2. The van der Waals surface area contributed by atoms with E-state index in [2.05, 4.69) is 6.92 Å². The molecule has 9 heteroatoms. The Bertz CT molecular complexity index is 1060. The van der Waals surface area contributed by atoms with Gasteiger partial charge < -0.3 is 14.5 Å². The maximum absolute atomic E-state index is 13.5. The number of likely N-dealkylation sites (tertiary alicyclic amines) is 2. The molecular formula is C24H32N4O4S. The molecule has 2 aliphatic rings. The summed E-state index contributed by atoms with van der Waals surface area (Å²) in [6, 6.07) is 7.26. The smallest absolute Gasteiger partial charge is 0.409 e. The minimum absolute atomic E-state index is 0.0753. The molecule has 0 atom stereocenters. The largest absolute Gasteiger partial charge is 0.450 e. The van der Waals surface area contributed by atoms with Crippen molar-refractivity contribution in [3.05, 3.63) is 34.6 Å². The number of para-hydroxylation sites is 1. The van der Waals surface area contributed by atoms with Gasteiger partial charge in [-0.15, -0.1) is 0 Å². The first-order chi connectivity index (χ1) is 16.0. The van der Waals surface area contributed by atoms with Crippen LogP contribution < -0.4 is 5.56 Å². The van der Waals surface area contributed by atoms with Crippen molar-refractivity contribution in [1.29, 1.82) is 0 Å². The van der Waals surface area contributed by atoms with Crippen molar-refractivity contribution in [2.24, 2.45) is 5.92 Å². The van der Waals surface area contributed by atoms with Gasteiger partial charge in [0.15, 0.2) is 5.16 Å². The van der Waals surface area contributed by atoms with E-state index in [-0.39, 0.29) is 29.4 Å². The lowest BCUT2D eigenvalue weighted by molar-refractivity contribution is -0.129. The highest BCUT2D eigenvalue weighted by Crippen LogP contribution is 2.28. The maximum atomic E-state index is 13.5. The van der Waals surface area contributed by atoms with E-state index in [1.165, 1.54) is 11.8 Å². The summed E-state index contributed by atoms with van der Waals surface area (Å²) < 4.78 is 6.87. The van der Waals surface area contributed by atoms with Crippen molar-refractivity contribution in [2.75, 3.05) is 38.5 Å². The van der Waals surface area contributed by atoms with E-state index >= 15 is 0 Å². The fourth-order valence-corrected chi connectivity index (χ4v) is 5.52. The van der Waals surface area contributed by atoms with Gasteiger partial charge in [0.2, 0.25) is 5.91 Å². The van der Waals surface area contributed by atoms with Crippen LogP contribution in [0.1, 0.15) is 45.6 Å². The normalized spacial score (nSPS) is 18.0. The third-order valence-electron chi connectivity index (χ3n) is 6.59. The first-order valence-corrected chi connectivity index (χ1v) is 12.8. The molecule has 0 saturated carbocycles. The number of piperidine rings is 2. The number of amides is 2. The quantitative estimate of drug-likeness (QED) is 0.489. The van der Waals surface area contributed by atoms with Gasteiger partial charge in [-0.3, -0.25) is 14.2 Å². The zero-order valence-corrected chi connectivity index (χ0v) is 20.2. The zero-order chi connectivity index (χ0) is 23.4. The van der Waals surface area contributed by atoms with Crippen LogP contribution in [0.3, 0.4) is 0 Å². The van der Waals surface area contributed by atoms with Crippen molar-refractivity contribution in [3.63, 3.8) is 0 Å². The van der Waals surface area contributed by atoms with E-state index in [0.717, 1.165) is 25.9 Å². The molecule has 0 spiro atoms. The molecule has 1 aromatic heterocycles. The molecule has 8 nitrogen and oxygen atoms in total. The number of thioether (sulfide) groups is 1. The predicted molar refractivity (Wildman–Crippen MR) is 129 cm³/mol. The standard InChI is InChI=1S/C24H32N4O4S/c1-3-32-24(31)27-14-10-18(11-15-27)28-22(30)19-6-4-5-7-20(19)25-23(28)33-16-21(29)26-12-8-17(2)9-13-26/h4-7,17-18H,3,8-16H2,1-2H3. The number of nitrogens with zero attached hydrogens (tertiary/aromatic N) is 4. The van der Waals surface area contributed by atoms with Crippen LogP contribution >= 0.6 is 11.8 Å². The van der Waals surface area contributed by atoms with Crippen LogP contribution in [0.4, 0.5) is 4.79 Å². The Morgan fingerprint density at radius 2 is 1.73 bits per heavy atom. The highest BCUT2D eigenvalue weighted by atomic mass is 32.2. The van der Waals surface area contributed by atoms with Crippen molar-refractivity contribution >= 4 is 34.7 Å². The Morgan fingerprint density at radius 3 is 2.42 bits per heavy atom. The molecule has 178 valence electrons. The molecule has 1 aromatic carbocycles. The topological polar surface area (TPSA) is 84.7 Å². The van der Waals surface area contributed by atoms with Crippen LogP contribution in [-0.2, 0) is 9.53 Å². The van der Waals surface area contributed by atoms with Gasteiger partial charge >= 0.3 is 6.09 Å². The van der Waals surface area contributed by atoms with Crippen LogP contribution in [0.2, 0.25) is 0 Å². The molecule has 2 amide bonds. The molecule has 2 aromatic rings. The average Bonchev–Trinajstić information content (AvgIpc) is 2.83. The van der Waals surface area contributed by atoms with Crippen molar-refractivity contribution < 1.29 is 14.3 Å². The molecule has 2 saturated heterocycles. The summed E-state index contributed by atoms with van der Waals surface area (Å²) in [6.45, 7) is 7.00. The van der Waals surface area contributed by atoms with Crippen LogP contribution in [-0.4, -0.2) is 69.9 Å². The number of fused-ring (bicyclic) bond motifs is 1. The van der Waals surface area contributed by atoms with E-state index in [1.807, 2.05) is 23.1 Å². The molecular weight excluding hydrogens is 440 g/mol. The number of ether oxygens (including phenoxy) is 1. The van der Waals surface area contributed by atoms with Gasteiger partial charge in [-0.05, 0) is 50.7 Å². The number of carbonyl (C=O) groups is 2. The van der Waals surface area contributed by atoms with Gasteiger partial charge in [0.1, 0.15) is 0 Å². The van der Waals surface area contributed by atoms with Gasteiger partial charge in [0.25, 0.3) is 5.56 Å². The second kappa shape index (κ2) is 10.6. The first kappa shape index (κ1) is 23.6. The van der Waals surface area contributed by atoms with Crippen molar-refractivity contribution in [3.8, 4) is 0 Å². The molecule has 33 heavy (non-hydrogen) atoms. The van der Waals surface area contributed by atoms with E-state index in [9.17, 15) is 14.4 Å². The summed E-state index contributed by atoms with van der Waals surface area (Å²) in [5.74, 6) is 1.02. The summed E-state index contributed by atoms with van der Waals surface area (Å²) in [7, 11) is 0. The summed E-state index contributed by atoms with van der Waals surface area (Å²) >= 11 is 1.34. The second-order valence-electron chi connectivity index (χ2n) is 8.86. The lowest BCUT2D eigenvalue weighted by Gasteiger charge is -2.33. The number of rotatable bonds is 5. The molecule has 0 aliphatic carbocycles. The number of hydrogen-bond acceptors (Lipinski definition) is 6. The fourth-order valence-electron chi connectivity index (χ4n) is 4.55. The van der Waals surface area contributed by atoms with E-state index < -0.39 is 0 Å². The minimum atomic E-state index is -0.309. The fraction of sp³-hybridized carbons (Fsp3) is 0.583. The van der Waals surface area contributed by atoms with E-state index in [4.69, 9.17) is 9.72 Å². The Morgan fingerprint density at radius 1 is 1.06 bits per heavy atom. The monoisotopic (exact) mass is 472 g/mol. The molecule has 2 aliphatic heterocycles. The number of benzene rings is 1. The van der Waals surface area contributed by atoms with Gasteiger partial charge in [0, 0.05) is 32.2 Å². The Balaban J connectivity index is 1.54.